The maximum Gasteiger partial charge on any atom is 0.329 e. The molecule has 0 atom stereocenters. The number of anilines is 1. The van der Waals surface area contributed by atoms with E-state index in [1.54, 1.807) is 0 Å². The van der Waals surface area contributed by atoms with Gasteiger partial charge in [0.15, 0.2) is 5.78 Å². The largest absolute Gasteiger partial charge is 0.384 e. The Morgan fingerprint density at radius 2 is 1.96 bits per heavy atom. The maximum absolute atomic E-state index is 12.6. The lowest BCUT2D eigenvalue weighted by atomic mass is 10.1. The summed E-state index contributed by atoms with van der Waals surface area (Å²) in [6.07, 6.45) is 0.621. The summed E-state index contributed by atoms with van der Waals surface area (Å²) >= 11 is 1.07. The van der Waals surface area contributed by atoms with Crippen LogP contribution in [0.15, 0.2) is 14.6 Å². The number of rotatable bonds is 6. The molecule has 0 spiro atoms. The van der Waals surface area contributed by atoms with Crippen LogP contribution < -0.4 is 17.0 Å². The number of nitrogen functional groups attached to an aromatic ring is 1. The lowest BCUT2D eigenvalue weighted by Gasteiger charge is -2.12. The van der Waals surface area contributed by atoms with Crippen molar-refractivity contribution in [2.24, 2.45) is 0 Å². The Morgan fingerprint density at radius 1 is 1.30 bits per heavy atom. The highest BCUT2D eigenvalue weighted by molar-refractivity contribution is 8.00. The number of aryl methyl sites for hydroxylation is 1. The second-order valence-corrected chi connectivity index (χ2v) is 7.09. The molecule has 0 aliphatic rings. The fraction of sp³-hybridized carbons (Fsp3) is 0.389. The minimum absolute atomic E-state index is 0.124. The third-order valence-corrected chi connectivity index (χ3v) is 5.36. The van der Waals surface area contributed by atoms with Crippen molar-refractivity contribution in [3.8, 4) is 6.07 Å². The molecule has 2 heterocycles. The van der Waals surface area contributed by atoms with Crippen LogP contribution in [0.3, 0.4) is 0 Å². The number of thioether (sulfide) groups is 1. The first-order chi connectivity index (χ1) is 12.7. The zero-order valence-corrected chi connectivity index (χ0v) is 16.5. The number of hydrogen-bond acceptors (Lipinski definition) is 7. The summed E-state index contributed by atoms with van der Waals surface area (Å²) in [5.41, 5.74) is 7.15. The number of Topliss-reactive ketones (excluding diaryl/α,β-unsaturated/α-hetero) is 1. The number of ketones is 1. The summed E-state index contributed by atoms with van der Waals surface area (Å²) < 4.78 is 1.18. The van der Waals surface area contributed by atoms with Crippen LogP contribution in [0.5, 0.6) is 0 Å². The Morgan fingerprint density at radius 3 is 2.56 bits per heavy atom. The van der Waals surface area contributed by atoms with Gasteiger partial charge in [0.2, 0.25) is 0 Å². The van der Waals surface area contributed by atoms with E-state index in [0.29, 0.717) is 23.6 Å². The third-order valence-electron chi connectivity index (χ3n) is 4.38. The van der Waals surface area contributed by atoms with Crippen molar-refractivity contribution in [1.29, 1.82) is 5.26 Å². The minimum atomic E-state index is -0.805. The molecule has 27 heavy (non-hydrogen) atoms. The van der Waals surface area contributed by atoms with Crippen LogP contribution in [0.2, 0.25) is 0 Å². The van der Waals surface area contributed by atoms with Crippen LogP contribution in [0.25, 0.3) is 0 Å². The quantitative estimate of drug-likeness (QED) is 0.569. The summed E-state index contributed by atoms with van der Waals surface area (Å²) in [5, 5.41) is 9.84. The van der Waals surface area contributed by atoms with Crippen molar-refractivity contribution in [3.05, 3.63) is 48.8 Å². The molecule has 0 bridgehead atoms. The van der Waals surface area contributed by atoms with Crippen LogP contribution >= 0.6 is 11.8 Å². The lowest BCUT2D eigenvalue weighted by Crippen LogP contribution is -2.36. The number of nitrogens with two attached hydrogens (primary N) is 1. The van der Waals surface area contributed by atoms with E-state index in [0.717, 1.165) is 28.6 Å². The first-order valence-electron chi connectivity index (χ1n) is 8.39. The molecule has 0 aliphatic carbocycles. The number of aromatic nitrogens is 3. The standard InChI is InChI=1S/C18H21N5O3S/c1-5-6-23-15(20)14(16(25)22-18(23)26)13(24)8-27-17-12(7-19)10(3)9(2)11(4)21-17/h5-6,8,20H2,1-4H3,(H,22,25,26). The van der Waals surface area contributed by atoms with Crippen LogP contribution in [-0.2, 0) is 6.54 Å². The predicted molar refractivity (Wildman–Crippen MR) is 104 cm³/mol. The van der Waals surface area contributed by atoms with Gasteiger partial charge in [-0.15, -0.1) is 0 Å². The number of H-pyrrole nitrogens is 1. The van der Waals surface area contributed by atoms with E-state index in [1.807, 2.05) is 27.7 Å². The Kier molecular flexibility index (Phi) is 6.23. The molecule has 142 valence electrons. The van der Waals surface area contributed by atoms with E-state index in [2.05, 4.69) is 16.0 Å². The number of carbonyl (C=O) groups excluding carboxylic acids is 1. The van der Waals surface area contributed by atoms with Crippen LogP contribution in [-0.4, -0.2) is 26.1 Å². The molecule has 2 aromatic rings. The fourth-order valence-electron chi connectivity index (χ4n) is 2.66. The molecular formula is C18H21N5O3S. The monoisotopic (exact) mass is 387 g/mol. The normalized spacial score (nSPS) is 10.6. The van der Waals surface area contributed by atoms with E-state index in [-0.39, 0.29) is 17.1 Å². The Bertz CT molecular complexity index is 1060. The first kappa shape index (κ1) is 20.5. The van der Waals surface area contributed by atoms with Crippen molar-refractivity contribution in [2.75, 3.05) is 11.5 Å². The van der Waals surface area contributed by atoms with Crippen molar-refractivity contribution >= 4 is 23.4 Å². The molecule has 2 rings (SSSR count). The first-order valence-corrected chi connectivity index (χ1v) is 9.37. The van der Waals surface area contributed by atoms with Gasteiger partial charge in [-0.25, -0.2) is 9.78 Å². The molecule has 8 nitrogen and oxygen atoms in total. The van der Waals surface area contributed by atoms with E-state index in [1.165, 1.54) is 4.57 Å². The van der Waals surface area contributed by atoms with Crippen molar-refractivity contribution in [2.45, 2.75) is 45.7 Å². The van der Waals surface area contributed by atoms with Crippen molar-refractivity contribution in [3.63, 3.8) is 0 Å². The zero-order chi connectivity index (χ0) is 20.3. The number of pyridine rings is 1. The summed E-state index contributed by atoms with van der Waals surface area (Å²) in [5.74, 6) is -0.785. The summed E-state index contributed by atoms with van der Waals surface area (Å²) in [6, 6.07) is 2.12. The molecule has 9 heteroatoms. The summed E-state index contributed by atoms with van der Waals surface area (Å²) in [6.45, 7) is 7.70. The molecule has 0 radical (unpaired) electrons. The van der Waals surface area contributed by atoms with E-state index < -0.39 is 17.0 Å². The molecule has 0 saturated heterocycles. The van der Waals surface area contributed by atoms with E-state index >= 15 is 0 Å². The van der Waals surface area contributed by atoms with E-state index in [9.17, 15) is 19.6 Å². The minimum Gasteiger partial charge on any atom is -0.384 e. The average molecular weight is 387 g/mol. The predicted octanol–water partition coefficient (Wildman–Crippen LogP) is 1.70. The van der Waals surface area contributed by atoms with Crippen LogP contribution in [0, 0.1) is 32.1 Å². The molecule has 0 fully saturated rings. The lowest BCUT2D eigenvalue weighted by molar-refractivity contribution is 0.102. The molecule has 0 aromatic carbocycles. The SMILES string of the molecule is CCCn1c(N)c(C(=O)CSc2nc(C)c(C)c(C)c2C#N)c(=O)[nH]c1=O. The van der Waals surface area contributed by atoms with Gasteiger partial charge in [-0.1, -0.05) is 18.7 Å². The Hall–Kier alpha value is -2.86. The number of carbonyl (C=O) groups is 1. The van der Waals surface area contributed by atoms with Gasteiger partial charge in [-0.3, -0.25) is 19.1 Å². The van der Waals surface area contributed by atoms with Crippen molar-refractivity contribution < 1.29 is 4.79 Å². The third kappa shape index (κ3) is 3.95. The highest BCUT2D eigenvalue weighted by atomic mass is 32.2. The average Bonchev–Trinajstić information content (AvgIpc) is 2.61. The number of nitriles is 1. The Balaban J connectivity index is 2.38. The Labute approximate surface area is 160 Å². The molecule has 0 saturated carbocycles. The van der Waals surface area contributed by atoms with Gasteiger partial charge in [0.05, 0.1) is 11.3 Å². The molecular weight excluding hydrogens is 366 g/mol. The van der Waals surface area contributed by atoms with Gasteiger partial charge in [0.25, 0.3) is 5.56 Å². The number of aromatic amines is 1. The zero-order valence-electron chi connectivity index (χ0n) is 15.7. The van der Waals surface area contributed by atoms with Gasteiger partial charge in [-0.05, 0) is 38.3 Å². The summed E-state index contributed by atoms with van der Waals surface area (Å²) in [7, 11) is 0. The fourth-order valence-corrected chi connectivity index (χ4v) is 3.61. The second-order valence-electron chi connectivity index (χ2n) is 6.12. The molecule has 0 amide bonds. The molecule has 2 aromatic heterocycles. The smallest absolute Gasteiger partial charge is 0.329 e. The number of nitrogens with zero attached hydrogens (tertiary/aromatic N) is 3. The van der Waals surface area contributed by atoms with Gasteiger partial charge >= 0.3 is 5.69 Å². The number of hydrogen-bond donors (Lipinski definition) is 2. The summed E-state index contributed by atoms with van der Waals surface area (Å²) in [4.78, 5) is 43.1. The highest BCUT2D eigenvalue weighted by Crippen LogP contribution is 2.27. The van der Waals surface area contributed by atoms with E-state index in [4.69, 9.17) is 5.73 Å². The molecule has 0 aliphatic heterocycles. The number of nitrogens with one attached hydrogen (secondary N) is 1. The highest BCUT2D eigenvalue weighted by Gasteiger charge is 2.21. The van der Waals surface area contributed by atoms with Crippen LogP contribution in [0.1, 0.15) is 46.1 Å². The molecule has 3 N–H and O–H groups in total. The van der Waals surface area contributed by atoms with Gasteiger partial charge in [0, 0.05) is 12.2 Å². The van der Waals surface area contributed by atoms with Gasteiger partial charge < -0.3 is 5.73 Å². The maximum atomic E-state index is 12.6. The van der Waals surface area contributed by atoms with Gasteiger partial charge in [0.1, 0.15) is 22.5 Å². The second kappa shape index (κ2) is 8.22. The molecule has 0 unspecified atom stereocenters. The van der Waals surface area contributed by atoms with Crippen molar-refractivity contribution in [1.82, 2.24) is 14.5 Å². The topological polar surface area (TPSA) is 135 Å². The van der Waals surface area contributed by atoms with Crippen LogP contribution in [0.4, 0.5) is 5.82 Å². The van der Waals surface area contributed by atoms with Gasteiger partial charge in [-0.2, -0.15) is 5.26 Å².